The Morgan fingerprint density at radius 2 is 2.14 bits per heavy atom. The fraction of sp³-hybridized carbons (Fsp3) is 0.471. The zero-order valence-electron chi connectivity index (χ0n) is 12.4. The van der Waals surface area contributed by atoms with Crippen molar-refractivity contribution in [1.29, 1.82) is 0 Å². The van der Waals surface area contributed by atoms with Gasteiger partial charge in [-0.15, -0.1) is 0 Å². The van der Waals surface area contributed by atoms with Crippen LogP contribution in [0, 0.1) is 0 Å². The molecule has 0 unspecified atom stereocenters. The van der Waals surface area contributed by atoms with Gasteiger partial charge in [-0.05, 0) is 30.4 Å². The number of hydrogen-bond acceptors (Lipinski definition) is 3. The van der Waals surface area contributed by atoms with Crippen LogP contribution in [-0.4, -0.2) is 36.5 Å². The number of amides is 1. The molecule has 0 aromatic heterocycles. The van der Waals surface area contributed by atoms with Gasteiger partial charge in [0.25, 0.3) is 0 Å². The third-order valence-corrected chi connectivity index (χ3v) is 4.37. The quantitative estimate of drug-likeness (QED) is 0.879. The molecule has 1 fully saturated rings. The molecule has 2 N–H and O–H groups in total. The first-order chi connectivity index (χ1) is 10.2. The molecular formula is C17H23N3O. The third-order valence-electron chi connectivity index (χ3n) is 4.37. The number of nitrogens with zero attached hydrogens (tertiary/aromatic N) is 1. The van der Waals surface area contributed by atoms with Gasteiger partial charge in [0.05, 0.1) is 0 Å². The van der Waals surface area contributed by atoms with Crippen LogP contribution in [0.3, 0.4) is 0 Å². The number of allylic oxidation sites excluding steroid dienone is 1. The zero-order chi connectivity index (χ0) is 14.7. The second-order valence-electron chi connectivity index (χ2n) is 5.93. The smallest absolute Gasteiger partial charge is 0.242 e. The highest BCUT2D eigenvalue weighted by atomic mass is 16.2. The van der Waals surface area contributed by atoms with Crippen molar-refractivity contribution in [3.63, 3.8) is 0 Å². The molecule has 112 valence electrons. The van der Waals surface area contributed by atoms with Crippen molar-refractivity contribution >= 4 is 5.91 Å². The lowest BCUT2D eigenvalue weighted by molar-refractivity contribution is -0.122. The van der Waals surface area contributed by atoms with Gasteiger partial charge in [-0.1, -0.05) is 30.8 Å². The van der Waals surface area contributed by atoms with E-state index in [4.69, 9.17) is 0 Å². The molecule has 4 nitrogen and oxygen atoms in total. The molecule has 1 atom stereocenters. The minimum Gasteiger partial charge on any atom is -0.378 e. The van der Waals surface area contributed by atoms with E-state index >= 15 is 0 Å². The molecule has 2 aliphatic heterocycles. The second-order valence-corrected chi connectivity index (χ2v) is 5.93. The summed E-state index contributed by atoms with van der Waals surface area (Å²) in [6, 6.07) is 8.54. The van der Waals surface area contributed by atoms with Gasteiger partial charge in [-0.3, -0.25) is 9.69 Å². The minimum absolute atomic E-state index is 0.0837. The van der Waals surface area contributed by atoms with Gasteiger partial charge in [0.2, 0.25) is 5.91 Å². The van der Waals surface area contributed by atoms with E-state index in [1.807, 2.05) is 0 Å². The van der Waals surface area contributed by atoms with Crippen LogP contribution in [0.5, 0.6) is 0 Å². The van der Waals surface area contributed by atoms with Crippen molar-refractivity contribution in [2.75, 3.05) is 19.6 Å². The first-order valence-corrected chi connectivity index (χ1v) is 7.73. The summed E-state index contributed by atoms with van der Waals surface area (Å²) in [4.78, 5) is 14.4. The molecule has 1 saturated heterocycles. The first kappa shape index (κ1) is 14.1. The van der Waals surface area contributed by atoms with E-state index in [0.717, 1.165) is 44.6 Å². The van der Waals surface area contributed by atoms with E-state index in [1.54, 1.807) is 0 Å². The van der Waals surface area contributed by atoms with E-state index in [-0.39, 0.29) is 11.9 Å². The average molecular weight is 285 g/mol. The highest BCUT2D eigenvalue weighted by molar-refractivity contribution is 5.82. The zero-order valence-corrected chi connectivity index (χ0v) is 12.4. The molecule has 2 heterocycles. The number of benzene rings is 1. The minimum atomic E-state index is -0.0837. The Balaban J connectivity index is 1.42. The molecular weight excluding hydrogens is 262 g/mol. The van der Waals surface area contributed by atoms with Crippen LogP contribution in [0.15, 0.2) is 36.5 Å². The van der Waals surface area contributed by atoms with Crippen LogP contribution in [0.2, 0.25) is 0 Å². The molecule has 3 rings (SSSR count). The van der Waals surface area contributed by atoms with Gasteiger partial charge < -0.3 is 10.6 Å². The Labute approximate surface area is 126 Å². The largest absolute Gasteiger partial charge is 0.378 e. The summed E-state index contributed by atoms with van der Waals surface area (Å²) in [5, 5.41) is 6.17. The summed E-state index contributed by atoms with van der Waals surface area (Å²) in [6.45, 7) is 7.55. The van der Waals surface area contributed by atoms with Crippen molar-refractivity contribution in [3.05, 3.63) is 47.7 Å². The van der Waals surface area contributed by atoms with E-state index < -0.39 is 0 Å². The molecule has 21 heavy (non-hydrogen) atoms. The Hall–Kier alpha value is -1.81. The molecule has 1 amide bonds. The third kappa shape index (κ3) is 3.45. The van der Waals surface area contributed by atoms with E-state index in [1.165, 1.54) is 11.1 Å². The molecule has 1 aromatic rings. The van der Waals surface area contributed by atoms with Crippen molar-refractivity contribution in [1.82, 2.24) is 15.5 Å². The molecule has 4 heteroatoms. The Bertz CT molecular complexity index is 541. The van der Waals surface area contributed by atoms with Crippen LogP contribution in [0.1, 0.15) is 24.0 Å². The molecule has 0 radical (unpaired) electrons. The maximum Gasteiger partial charge on any atom is 0.242 e. The highest BCUT2D eigenvalue weighted by Gasteiger charge is 2.23. The van der Waals surface area contributed by atoms with Crippen LogP contribution < -0.4 is 10.6 Å². The summed E-state index contributed by atoms with van der Waals surface area (Å²) < 4.78 is 0. The number of hydrogen-bond donors (Lipinski definition) is 2. The standard InChI is InChI=1S/C17H23N3O/c1-13-6-7-16(19-13)17(21)18-9-11-20-10-8-14-4-2-3-5-15(14)12-20/h2-5,16,19H,1,6-12H2,(H,18,21)/t16-/m0/s1. The molecule has 0 spiro atoms. The van der Waals surface area contributed by atoms with Crippen molar-refractivity contribution < 1.29 is 4.79 Å². The average Bonchev–Trinajstić information content (AvgIpc) is 2.94. The number of carbonyl (C=O) groups excluding carboxylic acids is 1. The van der Waals surface area contributed by atoms with Gasteiger partial charge >= 0.3 is 0 Å². The maximum atomic E-state index is 12.0. The lowest BCUT2D eigenvalue weighted by Gasteiger charge is -2.28. The van der Waals surface area contributed by atoms with Crippen LogP contribution in [0.25, 0.3) is 0 Å². The Kier molecular flexibility index (Phi) is 4.25. The summed E-state index contributed by atoms with van der Waals surface area (Å²) in [7, 11) is 0. The van der Waals surface area contributed by atoms with Gasteiger partial charge in [0.1, 0.15) is 6.04 Å². The molecule has 0 saturated carbocycles. The molecule has 0 aliphatic carbocycles. The van der Waals surface area contributed by atoms with Crippen molar-refractivity contribution in [2.24, 2.45) is 0 Å². The predicted octanol–water partition coefficient (Wildman–Crippen LogP) is 1.43. The topological polar surface area (TPSA) is 44.4 Å². The first-order valence-electron chi connectivity index (χ1n) is 7.73. The van der Waals surface area contributed by atoms with E-state index in [9.17, 15) is 4.79 Å². The Morgan fingerprint density at radius 3 is 2.90 bits per heavy atom. The number of nitrogens with one attached hydrogen (secondary N) is 2. The summed E-state index contributed by atoms with van der Waals surface area (Å²) in [6.07, 6.45) is 2.87. The maximum absolute atomic E-state index is 12.0. The predicted molar refractivity (Wildman–Crippen MR) is 83.7 cm³/mol. The van der Waals surface area contributed by atoms with Gasteiger partial charge in [0.15, 0.2) is 0 Å². The monoisotopic (exact) mass is 285 g/mol. The SMILES string of the molecule is C=C1CC[C@@H](C(=O)NCCN2CCc3ccccc3C2)N1. The number of fused-ring (bicyclic) bond motifs is 1. The van der Waals surface area contributed by atoms with Gasteiger partial charge in [-0.25, -0.2) is 0 Å². The summed E-state index contributed by atoms with van der Waals surface area (Å²) in [5.41, 5.74) is 3.86. The summed E-state index contributed by atoms with van der Waals surface area (Å²) >= 11 is 0. The lowest BCUT2D eigenvalue weighted by atomic mass is 10.00. The highest BCUT2D eigenvalue weighted by Crippen LogP contribution is 2.18. The van der Waals surface area contributed by atoms with Gasteiger partial charge in [-0.2, -0.15) is 0 Å². The van der Waals surface area contributed by atoms with Crippen LogP contribution in [0.4, 0.5) is 0 Å². The van der Waals surface area contributed by atoms with E-state index in [0.29, 0.717) is 6.54 Å². The number of rotatable bonds is 4. The van der Waals surface area contributed by atoms with Crippen LogP contribution >= 0.6 is 0 Å². The second kappa shape index (κ2) is 6.31. The van der Waals surface area contributed by atoms with Gasteiger partial charge in [0, 0.05) is 31.9 Å². The Morgan fingerprint density at radius 1 is 1.33 bits per heavy atom. The van der Waals surface area contributed by atoms with E-state index in [2.05, 4.69) is 46.4 Å². The molecule has 0 bridgehead atoms. The van der Waals surface area contributed by atoms with Crippen molar-refractivity contribution in [3.8, 4) is 0 Å². The fourth-order valence-corrected chi connectivity index (χ4v) is 3.11. The van der Waals surface area contributed by atoms with Crippen LogP contribution in [-0.2, 0) is 17.8 Å². The van der Waals surface area contributed by atoms with Crippen molar-refractivity contribution in [2.45, 2.75) is 31.8 Å². The summed E-state index contributed by atoms with van der Waals surface area (Å²) in [5.74, 6) is 0.103. The lowest BCUT2D eigenvalue weighted by Crippen LogP contribution is -2.43. The normalized spacial score (nSPS) is 21.7. The molecule has 2 aliphatic rings. The molecule has 1 aromatic carbocycles. The fourth-order valence-electron chi connectivity index (χ4n) is 3.11. The number of carbonyl (C=O) groups is 1.